The number of hydrogen-bond acceptors (Lipinski definition) is 5. The van der Waals surface area contributed by atoms with Crippen molar-refractivity contribution >= 4 is 22.7 Å². The van der Waals surface area contributed by atoms with E-state index in [2.05, 4.69) is 4.98 Å². The fourth-order valence-corrected chi connectivity index (χ4v) is 4.14. The number of hydrogen-bond donors (Lipinski definition) is 1. The fraction of sp³-hybridized carbons (Fsp3) is 0.364. The van der Waals surface area contributed by atoms with Crippen molar-refractivity contribution in [3.8, 4) is 5.75 Å². The molecule has 0 aliphatic heterocycles. The topological polar surface area (TPSA) is 64.3 Å². The standard InChI is InChI=1S/C22H26N2O3S/c1-14(2)24-21(26)18-10-5-6-11-19(18)23-22(24)28-13-17(25)12-27-20-15(3)8-7-9-16(20)4/h5-11,14,17,25H,12-13H2,1-4H3/t17-/m1/s1. The van der Waals surface area contributed by atoms with Crippen LogP contribution in [0.5, 0.6) is 5.75 Å². The molecule has 1 N–H and O–H groups in total. The molecule has 5 nitrogen and oxygen atoms in total. The van der Waals surface area contributed by atoms with Gasteiger partial charge < -0.3 is 9.84 Å². The van der Waals surface area contributed by atoms with Crippen LogP contribution in [0, 0.1) is 13.8 Å². The van der Waals surface area contributed by atoms with Crippen LogP contribution in [-0.4, -0.2) is 33.1 Å². The van der Waals surface area contributed by atoms with Crippen LogP contribution in [0.4, 0.5) is 0 Å². The number of benzene rings is 2. The Morgan fingerprint density at radius 3 is 2.46 bits per heavy atom. The number of fused-ring (bicyclic) bond motifs is 1. The van der Waals surface area contributed by atoms with Crippen LogP contribution >= 0.6 is 11.8 Å². The van der Waals surface area contributed by atoms with Gasteiger partial charge in [-0.3, -0.25) is 9.36 Å². The summed E-state index contributed by atoms with van der Waals surface area (Å²) in [4.78, 5) is 17.5. The Morgan fingerprint density at radius 2 is 1.79 bits per heavy atom. The summed E-state index contributed by atoms with van der Waals surface area (Å²) in [6, 6.07) is 13.3. The maximum Gasteiger partial charge on any atom is 0.262 e. The number of ether oxygens (including phenoxy) is 1. The molecule has 0 spiro atoms. The van der Waals surface area contributed by atoms with E-state index in [1.54, 1.807) is 10.6 Å². The van der Waals surface area contributed by atoms with Gasteiger partial charge >= 0.3 is 0 Å². The van der Waals surface area contributed by atoms with Crippen molar-refractivity contribution in [2.75, 3.05) is 12.4 Å². The van der Waals surface area contributed by atoms with Crippen LogP contribution in [0.1, 0.15) is 31.0 Å². The quantitative estimate of drug-likeness (QED) is 0.479. The Kier molecular flexibility index (Phi) is 6.42. The predicted molar refractivity (Wildman–Crippen MR) is 115 cm³/mol. The Balaban J connectivity index is 1.74. The molecule has 1 atom stereocenters. The summed E-state index contributed by atoms with van der Waals surface area (Å²) in [7, 11) is 0. The molecule has 0 unspecified atom stereocenters. The number of thioether (sulfide) groups is 1. The van der Waals surface area contributed by atoms with Gasteiger partial charge in [-0.05, 0) is 51.0 Å². The molecule has 0 aliphatic carbocycles. The smallest absolute Gasteiger partial charge is 0.262 e. The molecule has 6 heteroatoms. The van der Waals surface area contributed by atoms with Crippen molar-refractivity contribution in [2.45, 2.75) is 45.0 Å². The minimum Gasteiger partial charge on any atom is -0.490 e. The highest BCUT2D eigenvalue weighted by molar-refractivity contribution is 7.99. The molecular weight excluding hydrogens is 372 g/mol. The first-order valence-corrected chi connectivity index (χ1v) is 10.4. The first-order valence-electron chi connectivity index (χ1n) is 9.39. The summed E-state index contributed by atoms with van der Waals surface area (Å²) in [5.74, 6) is 1.21. The van der Waals surface area contributed by atoms with Gasteiger partial charge in [0.1, 0.15) is 12.4 Å². The number of nitrogens with zero attached hydrogens (tertiary/aromatic N) is 2. The molecule has 3 rings (SSSR count). The largest absolute Gasteiger partial charge is 0.490 e. The monoisotopic (exact) mass is 398 g/mol. The molecular formula is C22H26N2O3S. The average molecular weight is 399 g/mol. The highest BCUT2D eigenvalue weighted by atomic mass is 32.2. The van der Waals surface area contributed by atoms with Gasteiger partial charge in [-0.1, -0.05) is 42.1 Å². The third kappa shape index (κ3) is 4.39. The van der Waals surface area contributed by atoms with Crippen LogP contribution in [0.15, 0.2) is 52.4 Å². The van der Waals surface area contributed by atoms with Gasteiger partial charge in [0.2, 0.25) is 0 Å². The number of aliphatic hydroxyl groups is 1. The lowest BCUT2D eigenvalue weighted by atomic mass is 10.1. The third-order valence-electron chi connectivity index (χ3n) is 4.53. The Labute approximate surface area is 169 Å². The number of para-hydroxylation sites is 2. The molecule has 0 amide bonds. The Morgan fingerprint density at radius 1 is 1.11 bits per heavy atom. The SMILES string of the molecule is Cc1cccc(C)c1OC[C@@H](O)CSc1nc2ccccc2c(=O)n1C(C)C. The molecule has 0 radical (unpaired) electrons. The van der Waals surface area contributed by atoms with Crippen LogP contribution < -0.4 is 10.3 Å². The minimum atomic E-state index is -0.673. The van der Waals surface area contributed by atoms with Crippen molar-refractivity contribution in [1.29, 1.82) is 0 Å². The van der Waals surface area contributed by atoms with Crippen molar-refractivity contribution in [3.63, 3.8) is 0 Å². The molecule has 0 bridgehead atoms. The summed E-state index contributed by atoms with van der Waals surface area (Å²) in [6.07, 6.45) is -0.673. The van der Waals surface area contributed by atoms with Gasteiger partial charge in [0.15, 0.2) is 5.16 Å². The van der Waals surface area contributed by atoms with E-state index >= 15 is 0 Å². The second-order valence-electron chi connectivity index (χ2n) is 7.18. The Bertz CT molecular complexity index is 1010. The number of rotatable bonds is 7. The zero-order valence-corrected chi connectivity index (χ0v) is 17.5. The molecule has 0 fully saturated rings. The number of aryl methyl sites for hydroxylation is 2. The van der Waals surface area contributed by atoms with Crippen molar-refractivity contribution in [3.05, 3.63) is 63.9 Å². The normalized spacial score (nSPS) is 12.5. The van der Waals surface area contributed by atoms with E-state index in [0.29, 0.717) is 21.8 Å². The van der Waals surface area contributed by atoms with Gasteiger partial charge in [-0.2, -0.15) is 0 Å². The molecule has 1 aromatic heterocycles. The maximum absolute atomic E-state index is 12.8. The summed E-state index contributed by atoms with van der Waals surface area (Å²) in [6.45, 7) is 8.09. The molecule has 1 heterocycles. The lowest BCUT2D eigenvalue weighted by molar-refractivity contribution is 0.125. The van der Waals surface area contributed by atoms with Gasteiger partial charge in [-0.25, -0.2) is 4.98 Å². The van der Waals surface area contributed by atoms with E-state index < -0.39 is 6.10 Å². The van der Waals surface area contributed by atoms with E-state index in [4.69, 9.17) is 4.74 Å². The van der Waals surface area contributed by atoms with Crippen molar-refractivity contribution < 1.29 is 9.84 Å². The Hall–Kier alpha value is -2.31. The third-order valence-corrected chi connectivity index (χ3v) is 5.62. The lowest BCUT2D eigenvalue weighted by Gasteiger charge is -2.18. The van der Waals surface area contributed by atoms with Crippen LogP contribution in [0.25, 0.3) is 10.9 Å². The van der Waals surface area contributed by atoms with Crippen LogP contribution in [0.3, 0.4) is 0 Å². The zero-order valence-electron chi connectivity index (χ0n) is 16.7. The van der Waals surface area contributed by atoms with Crippen molar-refractivity contribution in [2.24, 2.45) is 0 Å². The van der Waals surface area contributed by atoms with Gasteiger partial charge in [0, 0.05) is 11.8 Å². The summed E-state index contributed by atoms with van der Waals surface area (Å²) >= 11 is 1.38. The fourth-order valence-electron chi connectivity index (χ4n) is 3.11. The molecule has 3 aromatic rings. The second kappa shape index (κ2) is 8.80. The molecule has 0 saturated heterocycles. The van der Waals surface area contributed by atoms with E-state index in [1.165, 1.54) is 11.8 Å². The summed E-state index contributed by atoms with van der Waals surface area (Å²) < 4.78 is 7.52. The van der Waals surface area contributed by atoms with E-state index in [9.17, 15) is 9.90 Å². The highest BCUT2D eigenvalue weighted by Gasteiger charge is 2.16. The van der Waals surface area contributed by atoms with Crippen LogP contribution in [-0.2, 0) is 0 Å². The molecule has 2 aromatic carbocycles. The first kappa shape index (κ1) is 20.4. The van der Waals surface area contributed by atoms with Gasteiger partial charge in [0.25, 0.3) is 5.56 Å². The maximum atomic E-state index is 12.8. The summed E-state index contributed by atoms with van der Waals surface area (Å²) in [5.41, 5.74) is 2.71. The average Bonchev–Trinajstić information content (AvgIpc) is 2.65. The highest BCUT2D eigenvalue weighted by Crippen LogP contribution is 2.24. The zero-order chi connectivity index (χ0) is 20.3. The van der Waals surface area contributed by atoms with E-state index in [-0.39, 0.29) is 18.2 Å². The second-order valence-corrected chi connectivity index (χ2v) is 8.16. The van der Waals surface area contributed by atoms with Gasteiger partial charge in [0.05, 0.1) is 17.0 Å². The van der Waals surface area contributed by atoms with Crippen molar-refractivity contribution in [1.82, 2.24) is 9.55 Å². The molecule has 148 valence electrons. The molecule has 0 aliphatic rings. The lowest BCUT2D eigenvalue weighted by Crippen LogP contribution is -2.26. The molecule has 0 saturated carbocycles. The molecule has 28 heavy (non-hydrogen) atoms. The number of aromatic nitrogens is 2. The van der Waals surface area contributed by atoms with Gasteiger partial charge in [-0.15, -0.1) is 0 Å². The number of aliphatic hydroxyl groups excluding tert-OH is 1. The predicted octanol–water partition coefficient (Wildman–Crippen LogP) is 4.13. The van der Waals surface area contributed by atoms with Crippen LogP contribution in [0.2, 0.25) is 0 Å². The van der Waals surface area contributed by atoms with E-state index in [1.807, 2.05) is 64.1 Å². The van der Waals surface area contributed by atoms with E-state index in [0.717, 1.165) is 16.9 Å². The first-order chi connectivity index (χ1) is 13.4. The summed E-state index contributed by atoms with van der Waals surface area (Å²) in [5, 5.41) is 11.6. The minimum absolute atomic E-state index is 0.0184.